The number of hydrogen-bond acceptors (Lipinski definition) is 6. The van der Waals surface area contributed by atoms with Gasteiger partial charge in [-0.15, -0.1) is 0 Å². The molecule has 0 saturated carbocycles. The molecule has 0 amide bonds. The molecule has 24 heavy (non-hydrogen) atoms. The van der Waals surface area contributed by atoms with Gasteiger partial charge in [0.15, 0.2) is 0 Å². The summed E-state index contributed by atoms with van der Waals surface area (Å²) in [7, 11) is 0. The molecule has 0 heterocycles. The minimum absolute atomic E-state index is 0. The van der Waals surface area contributed by atoms with E-state index in [1.54, 1.807) is 0 Å². The van der Waals surface area contributed by atoms with Crippen LogP contribution in [0.25, 0.3) is 0 Å². The van der Waals surface area contributed by atoms with Gasteiger partial charge in [0, 0.05) is 0 Å². The number of carboxylic acids is 3. The Labute approximate surface area is 158 Å². The van der Waals surface area contributed by atoms with E-state index in [2.05, 4.69) is 4.89 Å². The molecule has 15 nitrogen and oxygen atoms in total. The molecular formula is C8H25NaO15. The molecule has 0 fully saturated rings. The van der Waals surface area contributed by atoms with Gasteiger partial charge in [-0.25, -0.2) is 4.79 Å². The molecule has 0 rings (SSSR count). The third kappa shape index (κ3) is 70.4. The van der Waals surface area contributed by atoms with Crippen LogP contribution in [0.5, 0.6) is 0 Å². The van der Waals surface area contributed by atoms with Gasteiger partial charge in [0.1, 0.15) is 0 Å². The maximum Gasteiger partial charge on any atom is 1.00 e. The predicted octanol–water partition coefficient (Wildman–Crippen LogP) is -8.03. The Bertz CT molecular complexity index is 285. The summed E-state index contributed by atoms with van der Waals surface area (Å²) in [5, 5.41) is 31.4. The molecule has 0 radical (unpaired) electrons. The molecule has 0 spiro atoms. The average molecular weight is 384 g/mol. The molecule has 148 valence electrons. The largest absolute Gasteiger partial charge is 1.00 e. The fourth-order valence-corrected chi connectivity index (χ4v) is 0.469. The van der Waals surface area contributed by atoms with E-state index < -0.39 is 23.9 Å². The van der Waals surface area contributed by atoms with Gasteiger partial charge in [-0.05, 0) is 0 Å². The van der Waals surface area contributed by atoms with Crippen molar-refractivity contribution in [3.63, 3.8) is 0 Å². The Balaban J connectivity index is -0.0000000171. The summed E-state index contributed by atoms with van der Waals surface area (Å²) < 4.78 is 0. The quantitative estimate of drug-likeness (QED) is 0.191. The Kier molecular flexibility index (Phi) is 89.5. The van der Waals surface area contributed by atoms with Crippen molar-refractivity contribution < 1.29 is 108 Å². The van der Waals surface area contributed by atoms with Crippen LogP contribution in [0.4, 0.5) is 0 Å². The van der Waals surface area contributed by atoms with E-state index in [0.717, 1.165) is 0 Å². The zero-order valence-corrected chi connectivity index (χ0v) is 14.7. The maximum atomic E-state index is 9.98. The molecule has 16 N–H and O–H groups in total. The van der Waals surface area contributed by atoms with Gasteiger partial charge in [0.25, 0.3) is 0 Å². The molecule has 0 bridgehead atoms. The van der Waals surface area contributed by atoms with Gasteiger partial charge in [-0.1, -0.05) is 0 Å². The van der Waals surface area contributed by atoms with Crippen molar-refractivity contribution in [1.82, 2.24) is 0 Å². The normalized spacial score (nSPS) is 6.04. The molecule has 0 aliphatic carbocycles. The summed E-state index contributed by atoms with van der Waals surface area (Å²) in [6.45, 7) is 0. The zero-order chi connectivity index (χ0) is 13.8. The topological polar surface area (TPSA) is 347 Å². The van der Waals surface area contributed by atoms with Crippen LogP contribution in [0.15, 0.2) is 0 Å². The van der Waals surface area contributed by atoms with Gasteiger partial charge in [-0.2, -0.15) is 5.26 Å². The van der Waals surface area contributed by atoms with Gasteiger partial charge in [0.2, 0.25) is 0 Å². The van der Waals surface area contributed by atoms with E-state index in [1.807, 2.05) is 0 Å². The van der Waals surface area contributed by atoms with Crippen molar-refractivity contribution in [2.75, 3.05) is 0 Å². The van der Waals surface area contributed by atoms with Crippen LogP contribution in [0, 0.1) is 0 Å². The second-order valence-corrected chi connectivity index (χ2v) is 2.64. The maximum absolute atomic E-state index is 9.98. The van der Waals surface area contributed by atoms with Gasteiger partial charge in [0.05, 0.1) is 25.7 Å². The van der Waals surface area contributed by atoms with Crippen LogP contribution < -0.4 is 29.6 Å². The van der Waals surface area contributed by atoms with Crippen molar-refractivity contribution in [2.24, 2.45) is 0 Å². The molecule has 0 aliphatic heterocycles. The SMILES string of the molecule is O.O.O.O.O.O.O=C(O)CCC(=O)O.O=C(O)CCC(=O)OO.[H-].[Na+]. The minimum Gasteiger partial charge on any atom is -1.00 e. The Morgan fingerprint density at radius 3 is 1.00 bits per heavy atom. The van der Waals surface area contributed by atoms with Crippen LogP contribution in [0.2, 0.25) is 0 Å². The molecule has 0 atom stereocenters. The molecule has 0 aromatic carbocycles. The molecule has 0 saturated heterocycles. The molecule has 16 heteroatoms. The van der Waals surface area contributed by atoms with E-state index >= 15 is 0 Å². The van der Waals surface area contributed by atoms with Crippen molar-refractivity contribution >= 4 is 23.9 Å². The van der Waals surface area contributed by atoms with Crippen LogP contribution in [-0.2, 0) is 24.1 Å². The smallest absolute Gasteiger partial charge is 1.00 e. The number of carbonyl (C=O) groups is 4. The number of carboxylic acid groups (broad SMARTS) is 3. The van der Waals surface area contributed by atoms with E-state index in [0.29, 0.717) is 0 Å². The first-order valence-corrected chi connectivity index (χ1v) is 4.29. The molecule has 0 aromatic rings. The second kappa shape index (κ2) is 37.7. The summed E-state index contributed by atoms with van der Waals surface area (Å²) in [6, 6.07) is 0. The summed E-state index contributed by atoms with van der Waals surface area (Å²) in [5.74, 6) is -4.18. The fraction of sp³-hybridized carbons (Fsp3) is 0.500. The van der Waals surface area contributed by atoms with Gasteiger partial charge in [-0.3, -0.25) is 14.4 Å². The zero-order valence-electron chi connectivity index (χ0n) is 13.7. The molecular weight excluding hydrogens is 359 g/mol. The molecule has 0 unspecified atom stereocenters. The third-order valence-electron chi connectivity index (χ3n) is 1.20. The van der Waals surface area contributed by atoms with E-state index in [1.165, 1.54) is 0 Å². The average Bonchev–Trinajstić information content (AvgIpc) is 2.23. The van der Waals surface area contributed by atoms with Crippen LogP contribution in [0.3, 0.4) is 0 Å². The van der Waals surface area contributed by atoms with E-state index in [9.17, 15) is 19.2 Å². The van der Waals surface area contributed by atoms with Crippen molar-refractivity contribution in [1.29, 1.82) is 0 Å². The number of carbonyl (C=O) groups excluding carboxylic acids is 1. The number of rotatable bonds is 6. The van der Waals surface area contributed by atoms with Crippen molar-refractivity contribution in [2.45, 2.75) is 25.7 Å². The summed E-state index contributed by atoms with van der Waals surface area (Å²) in [5.41, 5.74) is 0. The van der Waals surface area contributed by atoms with Crippen LogP contribution >= 0.6 is 0 Å². The second-order valence-electron chi connectivity index (χ2n) is 2.64. The van der Waals surface area contributed by atoms with Crippen molar-refractivity contribution in [3.8, 4) is 0 Å². The number of aliphatic carboxylic acids is 3. The third-order valence-corrected chi connectivity index (χ3v) is 1.20. The van der Waals surface area contributed by atoms with Gasteiger partial charge < -0.3 is 54.5 Å². The first-order chi connectivity index (χ1) is 7.79. The Morgan fingerprint density at radius 2 is 0.833 bits per heavy atom. The molecule has 0 aromatic heterocycles. The van der Waals surface area contributed by atoms with Crippen LogP contribution in [0.1, 0.15) is 27.1 Å². The summed E-state index contributed by atoms with van der Waals surface area (Å²) in [4.78, 5) is 42.2. The monoisotopic (exact) mass is 384 g/mol. The number of hydrogen-bond donors (Lipinski definition) is 4. The Hall–Kier alpha value is -1.40. The van der Waals surface area contributed by atoms with Crippen molar-refractivity contribution in [3.05, 3.63) is 0 Å². The van der Waals surface area contributed by atoms with Crippen LogP contribution in [-0.4, -0.2) is 77.3 Å². The fourth-order valence-electron chi connectivity index (χ4n) is 0.469. The standard InChI is InChI=1S/C4H6O5.C4H6O4.Na.6H2O.H/c5-3(6)1-2-4(7)9-8;5-3(6)1-2-4(7)8;;;;;;;;/h8H,1-2H2,(H,5,6);1-2H2,(H,5,6)(H,7,8);;6*1H2;/q;;+1;;;;;;;-1. The molecule has 0 aliphatic rings. The van der Waals surface area contributed by atoms with Gasteiger partial charge >= 0.3 is 53.4 Å². The first kappa shape index (κ1) is 57.0. The summed E-state index contributed by atoms with van der Waals surface area (Å²) in [6.07, 6.45) is -1.21. The minimum atomic E-state index is -1.10. The summed E-state index contributed by atoms with van der Waals surface area (Å²) >= 11 is 0. The van der Waals surface area contributed by atoms with E-state index in [-0.39, 0.29) is 89.5 Å². The van der Waals surface area contributed by atoms with E-state index in [4.69, 9.17) is 20.6 Å². The Morgan fingerprint density at radius 1 is 0.625 bits per heavy atom. The predicted molar refractivity (Wildman–Crippen MR) is 72.9 cm³/mol. The first-order valence-electron chi connectivity index (χ1n) is 4.29.